The second-order valence-electron chi connectivity index (χ2n) is 6.53. The van der Waals surface area contributed by atoms with E-state index in [1.165, 1.54) is 11.3 Å². The van der Waals surface area contributed by atoms with Crippen LogP contribution in [0.1, 0.15) is 31.2 Å². The predicted molar refractivity (Wildman–Crippen MR) is 117 cm³/mol. The van der Waals surface area contributed by atoms with Crippen molar-refractivity contribution in [2.45, 2.75) is 13.5 Å². The molecule has 29 heavy (non-hydrogen) atoms. The summed E-state index contributed by atoms with van der Waals surface area (Å²) in [6, 6.07) is 16.2. The molecular weight excluding hydrogens is 408 g/mol. The predicted octanol–water partition coefficient (Wildman–Crippen LogP) is 5.24. The molecule has 0 bridgehead atoms. The molecule has 7 heteroatoms. The van der Waals surface area contributed by atoms with Gasteiger partial charge in [-0.3, -0.25) is 9.59 Å². The second kappa shape index (κ2) is 9.11. The number of hydrogen-bond acceptors (Lipinski definition) is 4. The lowest BCUT2D eigenvalue weighted by atomic mass is 10.2. The third-order valence-corrected chi connectivity index (χ3v) is 5.88. The molecule has 1 aromatic heterocycles. The maximum absolute atomic E-state index is 13.0. The minimum absolute atomic E-state index is 0.114. The highest BCUT2D eigenvalue weighted by atomic mass is 35.5. The monoisotopic (exact) mass is 428 g/mol. The number of carbonyl (C=O) groups is 2. The normalized spacial score (nSPS) is 10.5. The molecule has 2 aromatic carbocycles. The van der Waals surface area contributed by atoms with E-state index in [2.05, 4.69) is 5.32 Å². The summed E-state index contributed by atoms with van der Waals surface area (Å²) < 4.78 is 5.36. The van der Waals surface area contributed by atoms with Gasteiger partial charge in [-0.05, 0) is 36.8 Å². The van der Waals surface area contributed by atoms with Gasteiger partial charge in [0.05, 0.1) is 27.6 Å². The van der Waals surface area contributed by atoms with Crippen LogP contribution in [0.2, 0.25) is 5.02 Å². The van der Waals surface area contributed by atoms with Crippen LogP contribution in [0.25, 0.3) is 0 Å². The quantitative estimate of drug-likeness (QED) is 0.583. The molecule has 1 N–H and O–H groups in total. The van der Waals surface area contributed by atoms with Crippen LogP contribution in [0.5, 0.6) is 5.75 Å². The van der Waals surface area contributed by atoms with Crippen LogP contribution in [0.15, 0.2) is 54.6 Å². The minimum Gasteiger partial charge on any atom is -0.496 e. The standard InChI is InChI=1S/C22H21ClN2O3S/c1-14-12-19(24-21(26)16-9-5-6-10-17(16)23)29-20(14)22(27)25(2)13-15-8-4-7-11-18(15)28-3/h4-12H,13H2,1-3H3,(H,24,26). The van der Waals surface area contributed by atoms with Crippen molar-refractivity contribution in [3.63, 3.8) is 0 Å². The van der Waals surface area contributed by atoms with Crippen LogP contribution < -0.4 is 10.1 Å². The highest BCUT2D eigenvalue weighted by Gasteiger charge is 2.20. The SMILES string of the molecule is COc1ccccc1CN(C)C(=O)c1sc(NC(=O)c2ccccc2Cl)cc1C. The molecule has 0 saturated carbocycles. The molecule has 0 aliphatic heterocycles. The zero-order valence-electron chi connectivity index (χ0n) is 16.4. The lowest BCUT2D eigenvalue weighted by molar-refractivity contribution is 0.0788. The summed E-state index contributed by atoms with van der Waals surface area (Å²) in [5, 5.41) is 3.81. The first-order valence-electron chi connectivity index (χ1n) is 8.94. The van der Waals surface area contributed by atoms with Gasteiger partial charge in [0.15, 0.2) is 0 Å². The summed E-state index contributed by atoms with van der Waals surface area (Å²) in [6.07, 6.45) is 0. The Morgan fingerprint density at radius 2 is 1.83 bits per heavy atom. The average molecular weight is 429 g/mol. The van der Waals surface area contributed by atoms with E-state index in [0.717, 1.165) is 16.9 Å². The summed E-state index contributed by atoms with van der Waals surface area (Å²) >= 11 is 7.33. The van der Waals surface area contributed by atoms with Crippen molar-refractivity contribution in [3.8, 4) is 5.75 Å². The number of anilines is 1. The molecular formula is C22H21ClN2O3S. The van der Waals surface area contributed by atoms with Crippen molar-refractivity contribution in [2.75, 3.05) is 19.5 Å². The maximum atomic E-state index is 13.0. The topological polar surface area (TPSA) is 58.6 Å². The molecule has 0 atom stereocenters. The van der Waals surface area contributed by atoms with E-state index in [1.54, 1.807) is 49.4 Å². The maximum Gasteiger partial charge on any atom is 0.264 e. The Labute approximate surface area is 178 Å². The molecule has 0 radical (unpaired) electrons. The van der Waals surface area contributed by atoms with Gasteiger partial charge in [-0.25, -0.2) is 0 Å². The van der Waals surface area contributed by atoms with Gasteiger partial charge in [0.1, 0.15) is 5.75 Å². The van der Waals surface area contributed by atoms with Crippen LogP contribution in [0.3, 0.4) is 0 Å². The van der Waals surface area contributed by atoms with Gasteiger partial charge in [-0.2, -0.15) is 0 Å². The molecule has 2 amide bonds. The number of benzene rings is 2. The second-order valence-corrected chi connectivity index (χ2v) is 7.99. The summed E-state index contributed by atoms with van der Waals surface area (Å²) in [5.74, 6) is 0.317. The van der Waals surface area contributed by atoms with Crippen molar-refractivity contribution < 1.29 is 14.3 Å². The smallest absolute Gasteiger partial charge is 0.264 e. The molecule has 0 aliphatic carbocycles. The van der Waals surface area contributed by atoms with E-state index < -0.39 is 0 Å². The van der Waals surface area contributed by atoms with Gasteiger partial charge >= 0.3 is 0 Å². The van der Waals surface area contributed by atoms with E-state index in [9.17, 15) is 9.59 Å². The molecule has 0 aliphatic rings. The number of nitrogens with zero attached hydrogens (tertiary/aromatic N) is 1. The Morgan fingerprint density at radius 3 is 2.55 bits per heavy atom. The van der Waals surface area contributed by atoms with Gasteiger partial charge in [0.25, 0.3) is 11.8 Å². The Morgan fingerprint density at radius 1 is 1.14 bits per heavy atom. The van der Waals surface area contributed by atoms with Crippen molar-refractivity contribution in [1.29, 1.82) is 0 Å². The molecule has 0 fully saturated rings. The van der Waals surface area contributed by atoms with Gasteiger partial charge in [0, 0.05) is 19.2 Å². The van der Waals surface area contributed by atoms with E-state index in [1.807, 2.05) is 31.2 Å². The van der Waals surface area contributed by atoms with E-state index in [-0.39, 0.29) is 11.8 Å². The van der Waals surface area contributed by atoms with E-state index in [4.69, 9.17) is 16.3 Å². The van der Waals surface area contributed by atoms with Gasteiger partial charge in [-0.1, -0.05) is 41.9 Å². The van der Waals surface area contributed by atoms with Crippen LogP contribution in [0.4, 0.5) is 5.00 Å². The highest BCUT2D eigenvalue weighted by molar-refractivity contribution is 7.18. The van der Waals surface area contributed by atoms with Crippen LogP contribution in [-0.2, 0) is 6.54 Å². The largest absolute Gasteiger partial charge is 0.496 e. The zero-order valence-corrected chi connectivity index (χ0v) is 17.9. The molecule has 5 nitrogen and oxygen atoms in total. The molecule has 1 heterocycles. The Kier molecular flexibility index (Phi) is 6.56. The summed E-state index contributed by atoms with van der Waals surface area (Å²) in [4.78, 5) is 27.6. The first-order valence-corrected chi connectivity index (χ1v) is 10.1. The third-order valence-electron chi connectivity index (χ3n) is 4.41. The minimum atomic E-state index is -0.307. The lowest BCUT2D eigenvalue weighted by Crippen LogP contribution is -2.26. The van der Waals surface area contributed by atoms with Gasteiger partial charge in [-0.15, -0.1) is 11.3 Å². The van der Waals surface area contributed by atoms with Crippen LogP contribution >= 0.6 is 22.9 Å². The number of ether oxygens (including phenoxy) is 1. The highest BCUT2D eigenvalue weighted by Crippen LogP contribution is 2.29. The first kappa shape index (κ1) is 20.9. The van der Waals surface area contributed by atoms with E-state index >= 15 is 0 Å². The number of nitrogens with one attached hydrogen (secondary N) is 1. The molecule has 150 valence electrons. The molecule has 3 rings (SSSR count). The van der Waals surface area contributed by atoms with Crippen molar-refractivity contribution >= 4 is 39.8 Å². The Hall–Kier alpha value is -2.83. The number of thiophene rings is 1. The fourth-order valence-corrected chi connectivity index (χ4v) is 4.20. The average Bonchev–Trinajstić information content (AvgIpc) is 3.07. The van der Waals surface area contributed by atoms with Crippen LogP contribution in [-0.4, -0.2) is 30.9 Å². The van der Waals surface area contributed by atoms with Gasteiger partial charge < -0.3 is 15.0 Å². The molecule has 0 unspecified atom stereocenters. The summed E-state index contributed by atoms with van der Waals surface area (Å²) in [5.41, 5.74) is 2.12. The number of aryl methyl sites for hydroxylation is 1. The molecule has 0 spiro atoms. The fraction of sp³-hybridized carbons (Fsp3) is 0.182. The van der Waals surface area contributed by atoms with E-state index in [0.29, 0.717) is 27.0 Å². The fourth-order valence-electron chi connectivity index (χ4n) is 2.91. The number of halogens is 1. The Bertz CT molecular complexity index is 1050. The van der Waals surface area contributed by atoms with Crippen LogP contribution in [0, 0.1) is 6.92 Å². The number of carbonyl (C=O) groups excluding carboxylic acids is 2. The first-order chi connectivity index (χ1) is 13.9. The number of hydrogen-bond donors (Lipinski definition) is 1. The summed E-state index contributed by atoms with van der Waals surface area (Å²) in [7, 11) is 3.36. The molecule has 3 aromatic rings. The third kappa shape index (κ3) is 4.78. The number of amides is 2. The molecule has 0 saturated heterocycles. The number of methoxy groups -OCH3 is 1. The zero-order chi connectivity index (χ0) is 21.0. The summed E-state index contributed by atoms with van der Waals surface area (Å²) in [6.45, 7) is 2.27. The Balaban J connectivity index is 1.74. The van der Waals surface area contributed by atoms with Crippen molar-refractivity contribution in [2.24, 2.45) is 0 Å². The number of rotatable bonds is 6. The number of para-hydroxylation sites is 1. The van der Waals surface area contributed by atoms with Gasteiger partial charge in [0.2, 0.25) is 0 Å². The van der Waals surface area contributed by atoms with Crippen molar-refractivity contribution in [1.82, 2.24) is 4.90 Å². The van der Waals surface area contributed by atoms with Crippen molar-refractivity contribution in [3.05, 3.63) is 81.2 Å². The lowest BCUT2D eigenvalue weighted by Gasteiger charge is -2.18.